The summed E-state index contributed by atoms with van der Waals surface area (Å²) < 4.78 is 10.5. The van der Waals surface area contributed by atoms with Gasteiger partial charge in [-0.1, -0.05) is 0 Å². The first-order valence-electron chi connectivity index (χ1n) is 9.09. The van der Waals surface area contributed by atoms with Gasteiger partial charge in [-0.3, -0.25) is 15.0 Å². The van der Waals surface area contributed by atoms with Gasteiger partial charge in [0, 0.05) is 19.2 Å². The third kappa shape index (κ3) is 4.06. The van der Waals surface area contributed by atoms with E-state index in [-0.39, 0.29) is 6.04 Å². The third-order valence-electron chi connectivity index (χ3n) is 4.66. The summed E-state index contributed by atoms with van der Waals surface area (Å²) in [6.07, 6.45) is 14.8. The largest absolute Gasteiger partial charge is 0.495 e. The minimum absolute atomic E-state index is 0.00728. The van der Waals surface area contributed by atoms with Gasteiger partial charge in [0.05, 0.1) is 74.0 Å². The van der Waals surface area contributed by atoms with Gasteiger partial charge in [-0.2, -0.15) is 0 Å². The first kappa shape index (κ1) is 18.5. The molecule has 0 aromatic carbocycles. The lowest BCUT2D eigenvalue weighted by atomic mass is 10.1. The Kier molecular flexibility index (Phi) is 5.15. The first-order chi connectivity index (χ1) is 14.2. The molecular formula is C21H22N6O2. The number of dihydropyridines is 1. The highest BCUT2D eigenvalue weighted by atomic mass is 16.5. The predicted octanol–water partition coefficient (Wildman–Crippen LogP) is 3.03. The molecule has 0 aliphatic carbocycles. The van der Waals surface area contributed by atoms with Crippen LogP contribution >= 0.6 is 0 Å². The molecule has 2 aromatic heterocycles. The van der Waals surface area contributed by atoms with Gasteiger partial charge in [-0.15, -0.1) is 0 Å². The number of nitrogens with zero attached hydrogens (tertiary/aromatic N) is 4. The van der Waals surface area contributed by atoms with Gasteiger partial charge in [0.1, 0.15) is 17.3 Å². The summed E-state index contributed by atoms with van der Waals surface area (Å²) in [6.45, 7) is 0. The lowest BCUT2D eigenvalue weighted by Gasteiger charge is -2.35. The zero-order valence-electron chi connectivity index (χ0n) is 16.5. The van der Waals surface area contributed by atoms with Crippen LogP contribution in [0.2, 0.25) is 0 Å². The number of pyridine rings is 2. The van der Waals surface area contributed by atoms with Crippen LogP contribution < -0.4 is 20.1 Å². The molecule has 1 atom stereocenters. The average Bonchev–Trinajstić information content (AvgIpc) is 2.76. The van der Waals surface area contributed by atoms with E-state index >= 15 is 0 Å². The molecule has 4 rings (SSSR count). The Labute approximate surface area is 169 Å². The van der Waals surface area contributed by atoms with Gasteiger partial charge in [-0.05, 0) is 18.2 Å². The molecule has 148 valence electrons. The maximum Gasteiger partial charge on any atom is 0.139 e. The number of hydrogen-bond acceptors (Lipinski definition) is 8. The third-order valence-corrected chi connectivity index (χ3v) is 4.66. The summed E-state index contributed by atoms with van der Waals surface area (Å²) in [7, 11) is 5.26. The smallest absolute Gasteiger partial charge is 0.139 e. The Hall–Kier alpha value is -3.81. The van der Waals surface area contributed by atoms with Crippen LogP contribution in [0.25, 0.3) is 0 Å². The topological polar surface area (TPSA) is 83.9 Å². The van der Waals surface area contributed by atoms with E-state index in [0.717, 1.165) is 28.6 Å². The van der Waals surface area contributed by atoms with Crippen molar-refractivity contribution in [2.75, 3.05) is 31.9 Å². The number of aromatic nitrogens is 2. The molecule has 0 spiro atoms. The monoisotopic (exact) mass is 390 g/mol. The lowest BCUT2D eigenvalue weighted by molar-refractivity contribution is 0.381. The van der Waals surface area contributed by atoms with Gasteiger partial charge in [0.2, 0.25) is 0 Å². The highest BCUT2D eigenvalue weighted by Crippen LogP contribution is 2.28. The molecule has 0 bridgehead atoms. The molecule has 0 saturated heterocycles. The van der Waals surface area contributed by atoms with Gasteiger partial charge in [0.25, 0.3) is 0 Å². The molecule has 0 amide bonds. The summed E-state index contributed by atoms with van der Waals surface area (Å²) in [5.74, 6) is 2.33. The van der Waals surface area contributed by atoms with Gasteiger partial charge in [0.15, 0.2) is 0 Å². The predicted molar refractivity (Wildman–Crippen MR) is 113 cm³/mol. The van der Waals surface area contributed by atoms with Crippen LogP contribution in [0.1, 0.15) is 0 Å². The molecule has 29 heavy (non-hydrogen) atoms. The van der Waals surface area contributed by atoms with Gasteiger partial charge >= 0.3 is 0 Å². The average molecular weight is 390 g/mol. The van der Waals surface area contributed by atoms with Gasteiger partial charge < -0.3 is 25.0 Å². The number of methoxy groups -OCH3 is 2. The van der Waals surface area contributed by atoms with Crippen molar-refractivity contribution in [1.82, 2.24) is 14.9 Å². The fourth-order valence-electron chi connectivity index (χ4n) is 3.12. The molecule has 8 nitrogen and oxygen atoms in total. The maximum atomic E-state index is 5.25. The molecule has 4 heterocycles. The number of allylic oxidation sites excluding steroid dienone is 3. The van der Waals surface area contributed by atoms with E-state index in [1.54, 1.807) is 39.0 Å². The molecule has 0 radical (unpaired) electrons. The number of ether oxygens (including phenoxy) is 2. The minimum atomic E-state index is -0.00728. The molecule has 0 saturated carbocycles. The highest BCUT2D eigenvalue weighted by Gasteiger charge is 2.25. The Morgan fingerprint density at radius 1 is 0.897 bits per heavy atom. The number of rotatable bonds is 6. The van der Waals surface area contributed by atoms with Gasteiger partial charge in [-0.25, -0.2) is 0 Å². The van der Waals surface area contributed by atoms with E-state index in [2.05, 4.69) is 36.6 Å². The number of likely N-dealkylation sites (N-methyl/N-ethyl adjacent to an activating group) is 1. The van der Waals surface area contributed by atoms with E-state index in [0.29, 0.717) is 11.5 Å². The summed E-state index contributed by atoms with van der Waals surface area (Å²) in [5.41, 5.74) is 3.54. The Morgan fingerprint density at radius 2 is 1.55 bits per heavy atom. The van der Waals surface area contributed by atoms with E-state index < -0.39 is 0 Å². The van der Waals surface area contributed by atoms with Crippen LogP contribution in [0.5, 0.6) is 11.5 Å². The van der Waals surface area contributed by atoms with Crippen LogP contribution in [-0.2, 0) is 0 Å². The van der Waals surface area contributed by atoms with Crippen molar-refractivity contribution in [3.8, 4) is 11.5 Å². The molecule has 1 unspecified atom stereocenters. The quantitative estimate of drug-likeness (QED) is 0.784. The number of anilines is 2. The van der Waals surface area contributed by atoms with Crippen molar-refractivity contribution in [3.63, 3.8) is 0 Å². The summed E-state index contributed by atoms with van der Waals surface area (Å²) in [5, 5.41) is 6.73. The van der Waals surface area contributed by atoms with Crippen molar-refractivity contribution in [3.05, 3.63) is 72.4 Å². The Balaban J connectivity index is 1.52. The summed E-state index contributed by atoms with van der Waals surface area (Å²) in [4.78, 5) is 15.1. The number of nitrogens with one attached hydrogen (secondary N) is 2. The van der Waals surface area contributed by atoms with E-state index in [1.165, 1.54) is 0 Å². The summed E-state index contributed by atoms with van der Waals surface area (Å²) >= 11 is 0. The van der Waals surface area contributed by atoms with Crippen molar-refractivity contribution in [2.45, 2.75) is 6.04 Å². The van der Waals surface area contributed by atoms with Crippen LogP contribution in [-0.4, -0.2) is 48.4 Å². The van der Waals surface area contributed by atoms with Crippen LogP contribution in [0.15, 0.2) is 77.4 Å². The molecule has 2 aromatic rings. The maximum absolute atomic E-state index is 5.25. The van der Waals surface area contributed by atoms with Crippen molar-refractivity contribution >= 4 is 17.6 Å². The minimum Gasteiger partial charge on any atom is -0.495 e. The highest BCUT2D eigenvalue weighted by molar-refractivity contribution is 5.86. The van der Waals surface area contributed by atoms with E-state index in [1.807, 2.05) is 37.5 Å². The molecule has 2 N–H and O–H groups in total. The fraction of sp³-hybridized carbons (Fsp3) is 0.190. The van der Waals surface area contributed by atoms with Crippen LogP contribution in [0.4, 0.5) is 11.4 Å². The SMILES string of the molecule is COc1cncc(NC2=CC3C(=CC=C(Nc4cncc(OC)c4)N3C)N=C2)c1. The van der Waals surface area contributed by atoms with Crippen molar-refractivity contribution in [1.29, 1.82) is 0 Å². The van der Waals surface area contributed by atoms with Crippen LogP contribution in [0.3, 0.4) is 0 Å². The second-order valence-corrected chi connectivity index (χ2v) is 6.56. The number of fused-ring (bicyclic) bond motifs is 1. The normalized spacial score (nSPS) is 17.6. The lowest BCUT2D eigenvalue weighted by Crippen LogP contribution is -2.37. The first-order valence-corrected chi connectivity index (χ1v) is 9.09. The Bertz CT molecular complexity index is 1030. The zero-order valence-corrected chi connectivity index (χ0v) is 16.5. The van der Waals surface area contributed by atoms with Crippen LogP contribution in [0, 0.1) is 0 Å². The molecule has 0 fully saturated rings. The zero-order chi connectivity index (χ0) is 20.2. The van der Waals surface area contributed by atoms with Crippen molar-refractivity contribution < 1.29 is 9.47 Å². The number of hydrogen-bond donors (Lipinski definition) is 2. The molecular weight excluding hydrogens is 368 g/mol. The van der Waals surface area contributed by atoms with E-state index in [4.69, 9.17) is 9.47 Å². The molecule has 2 aliphatic rings. The number of aliphatic imine (C=N–C) groups is 1. The molecule has 8 heteroatoms. The summed E-state index contributed by atoms with van der Waals surface area (Å²) in [6, 6.07) is 3.78. The van der Waals surface area contributed by atoms with E-state index in [9.17, 15) is 0 Å². The standard InChI is InChI=1S/C21H22N6O2/c1-27-20-8-16(25-14-6-17(28-2)12-22-9-14)11-24-19(20)4-5-21(27)26-15-7-18(29-3)13-23-10-15/h4-13,20,25-26H,1-3H3. The molecule has 2 aliphatic heterocycles. The Morgan fingerprint density at radius 3 is 2.21 bits per heavy atom. The fourth-order valence-corrected chi connectivity index (χ4v) is 3.12. The van der Waals surface area contributed by atoms with Crippen molar-refractivity contribution in [2.24, 2.45) is 4.99 Å². The second kappa shape index (κ2) is 8.05. The second-order valence-electron chi connectivity index (χ2n) is 6.56.